The first kappa shape index (κ1) is 19.8. The molecule has 1 aromatic carbocycles. The third kappa shape index (κ3) is 4.13. The number of hydrogen-bond donors (Lipinski definition) is 2. The van der Waals surface area contributed by atoms with Gasteiger partial charge in [-0.05, 0) is 31.4 Å². The van der Waals surface area contributed by atoms with E-state index in [4.69, 9.17) is 0 Å². The molecule has 0 saturated carbocycles. The Morgan fingerprint density at radius 3 is 2.36 bits per heavy atom. The summed E-state index contributed by atoms with van der Waals surface area (Å²) in [5.74, 6) is -1.55. The minimum absolute atomic E-state index is 0.00470. The Balaban J connectivity index is 1.59. The number of nitrogens with zero attached hydrogens (tertiary/aromatic N) is 1. The van der Waals surface area contributed by atoms with Crippen LogP contribution in [-0.4, -0.2) is 41.6 Å². The van der Waals surface area contributed by atoms with Crippen molar-refractivity contribution in [3.8, 4) is 0 Å². The summed E-state index contributed by atoms with van der Waals surface area (Å²) in [6.45, 7) is 2.57. The van der Waals surface area contributed by atoms with Crippen molar-refractivity contribution in [3.63, 3.8) is 0 Å². The molecule has 0 radical (unpaired) electrons. The summed E-state index contributed by atoms with van der Waals surface area (Å²) in [6.07, 6.45) is 5.84. The number of amides is 4. The van der Waals surface area contributed by atoms with Crippen LogP contribution < -0.4 is 10.6 Å². The second-order valence-corrected chi connectivity index (χ2v) is 7.08. The SMILES string of the molecule is CCCNC(=O)c1ccccc1NC(=O)CCN1C(=O)[C@H]2CC=CC[C@H]2C1=O. The zero-order valence-corrected chi connectivity index (χ0v) is 15.9. The molecule has 28 heavy (non-hydrogen) atoms. The van der Waals surface area contributed by atoms with E-state index in [2.05, 4.69) is 10.6 Å². The number of carbonyl (C=O) groups excluding carboxylic acids is 4. The predicted octanol–water partition coefficient (Wildman–Crippen LogP) is 2.11. The van der Waals surface area contributed by atoms with Crippen molar-refractivity contribution in [2.75, 3.05) is 18.4 Å². The Labute approximate surface area is 164 Å². The summed E-state index contributed by atoms with van der Waals surface area (Å²) in [4.78, 5) is 50.7. The summed E-state index contributed by atoms with van der Waals surface area (Å²) < 4.78 is 0. The molecule has 1 heterocycles. The molecule has 7 heteroatoms. The van der Waals surface area contributed by atoms with E-state index in [9.17, 15) is 19.2 Å². The third-order valence-electron chi connectivity index (χ3n) is 5.14. The molecular weight excluding hydrogens is 358 g/mol. The van der Waals surface area contributed by atoms with E-state index in [0.29, 0.717) is 30.6 Å². The molecule has 4 amide bonds. The van der Waals surface area contributed by atoms with Gasteiger partial charge in [0.05, 0.1) is 23.1 Å². The standard InChI is InChI=1S/C21H25N3O4/c1-2-12-22-19(26)16-9-5-6-10-17(16)23-18(25)11-13-24-20(27)14-7-3-4-8-15(14)21(24)28/h3-6,9-10,14-15H,2,7-8,11-13H2,1H3,(H,22,26)(H,23,25)/t14-,15+. The van der Waals surface area contributed by atoms with Gasteiger partial charge < -0.3 is 10.6 Å². The quantitative estimate of drug-likeness (QED) is 0.557. The van der Waals surface area contributed by atoms with Crippen molar-refractivity contribution < 1.29 is 19.2 Å². The van der Waals surface area contributed by atoms with Crippen LogP contribution in [0.25, 0.3) is 0 Å². The summed E-state index contributed by atoms with van der Waals surface area (Å²) in [5, 5.41) is 5.51. The van der Waals surface area contributed by atoms with Gasteiger partial charge in [-0.25, -0.2) is 0 Å². The molecule has 1 aliphatic carbocycles. The number of para-hydroxylation sites is 1. The minimum Gasteiger partial charge on any atom is -0.352 e. The van der Waals surface area contributed by atoms with Gasteiger partial charge in [0, 0.05) is 19.5 Å². The minimum atomic E-state index is -0.343. The van der Waals surface area contributed by atoms with Crippen LogP contribution in [0.15, 0.2) is 36.4 Å². The molecule has 0 aromatic heterocycles. The lowest BCUT2D eigenvalue weighted by atomic mass is 9.85. The number of allylic oxidation sites excluding steroid dienone is 2. The molecular formula is C21H25N3O4. The Kier molecular flexibility index (Phi) is 6.23. The Bertz CT molecular complexity index is 792. The summed E-state index contributed by atoms with van der Waals surface area (Å²) >= 11 is 0. The van der Waals surface area contributed by atoms with Crippen molar-refractivity contribution >= 4 is 29.3 Å². The molecule has 2 atom stereocenters. The van der Waals surface area contributed by atoms with Crippen molar-refractivity contribution in [2.24, 2.45) is 11.8 Å². The van der Waals surface area contributed by atoms with Crippen molar-refractivity contribution in [3.05, 3.63) is 42.0 Å². The molecule has 1 aromatic rings. The van der Waals surface area contributed by atoms with E-state index in [-0.39, 0.29) is 48.4 Å². The maximum Gasteiger partial charge on any atom is 0.253 e. The van der Waals surface area contributed by atoms with Crippen LogP contribution in [-0.2, 0) is 14.4 Å². The summed E-state index contributed by atoms with van der Waals surface area (Å²) in [6, 6.07) is 6.77. The number of rotatable bonds is 7. The Morgan fingerprint density at radius 1 is 1.07 bits per heavy atom. The number of benzene rings is 1. The molecule has 0 unspecified atom stereocenters. The molecule has 2 N–H and O–H groups in total. The number of likely N-dealkylation sites (tertiary alicyclic amines) is 1. The maximum atomic E-state index is 12.5. The fourth-order valence-electron chi connectivity index (χ4n) is 3.64. The smallest absolute Gasteiger partial charge is 0.253 e. The third-order valence-corrected chi connectivity index (χ3v) is 5.14. The van der Waals surface area contributed by atoms with Crippen molar-refractivity contribution in [1.82, 2.24) is 10.2 Å². The first-order chi connectivity index (χ1) is 13.5. The molecule has 148 valence electrons. The van der Waals surface area contributed by atoms with Crippen LogP contribution >= 0.6 is 0 Å². The molecule has 0 spiro atoms. The number of nitrogens with one attached hydrogen (secondary N) is 2. The van der Waals surface area contributed by atoms with Crippen LogP contribution in [0.1, 0.15) is 43.0 Å². The normalized spacial score (nSPS) is 20.8. The monoisotopic (exact) mass is 383 g/mol. The number of anilines is 1. The largest absolute Gasteiger partial charge is 0.352 e. The van der Waals surface area contributed by atoms with E-state index in [1.807, 2.05) is 19.1 Å². The van der Waals surface area contributed by atoms with Gasteiger partial charge in [0.2, 0.25) is 17.7 Å². The van der Waals surface area contributed by atoms with Crippen molar-refractivity contribution in [2.45, 2.75) is 32.6 Å². The highest BCUT2D eigenvalue weighted by Crippen LogP contribution is 2.35. The number of fused-ring (bicyclic) bond motifs is 1. The van der Waals surface area contributed by atoms with Crippen LogP contribution in [0.2, 0.25) is 0 Å². The summed E-state index contributed by atoms with van der Waals surface area (Å²) in [5.41, 5.74) is 0.799. The molecule has 1 aliphatic heterocycles. The lowest BCUT2D eigenvalue weighted by Gasteiger charge is -2.15. The zero-order chi connectivity index (χ0) is 20.1. The number of carbonyl (C=O) groups is 4. The maximum absolute atomic E-state index is 12.5. The van der Waals surface area contributed by atoms with Gasteiger partial charge in [-0.2, -0.15) is 0 Å². The van der Waals surface area contributed by atoms with Gasteiger partial charge in [-0.1, -0.05) is 31.2 Å². The highest BCUT2D eigenvalue weighted by Gasteiger charge is 2.46. The van der Waals surface area contributed by atoms with Gasteiger partial charge in [0.25, 0.3) is 5.91 Å². The zero-order valence-electron chi connectivity index (χ0n) is 15.9. The number of hydrogen-bond acceptors (Lipinski definition) is 4. The van der Waals surface area contributed by atoms with E-state index in [0.717, 1.165) is 6.42 Å². The second kappa shape index (κ2) is 8.82. The van der Waals surface area contributed by atoms with E-state index < -0.39 is 0 Å². The fraction of sp³-hybridized carbons (Fsp3) is 0.429. The summed E-state index contributed by atoms with van der Waals surface area (Å²) in [7, 11) is 0. The van der Waals surface area contributed by atoms with Gasteiger partial charge in [-0.3, -0.25) is 24.1 Å². The van der Waals surface area contributed by atoms with Crippen LogP contribution in [0.4, 0.5) is 5.69 Å². The first-order valence-corrected chi connectivity index (χ1v) is 9.70. The van der Waals surface area contributed by atoms with Gasteiger partial charge in [-0.15, -0.1) is 0 Å². The lowest BCUT2D eigenvalue weighted by molar-refractivity contribution is -0.140. The van der Waals surface area contributed by atoms with Crippen molar-refractivity contribution in [1.29, 1.82) is 0 Å². The molecule has 3 rings (SSSR count). The van der Waals surface area contributed by atoms with E-state index >= 15 is 0 Å². The average molecular weight is 383 g/mol. The molecule has 0 bridgehead atoms. The second-order valence-electron chi connectivity index (χ2n) is 7.08. The van der Waals surface area contributed by atoms with Gasteiger partial charge in [0.1, 0.15) is 0 Å². The topological polar surface area (TPSA) is 95.6 Å². The molecule has 1 saturated heterocycles. The van der Waals surface area contributed by atoms with Crippen LogP contribution in [0.5, 0.6) is 0 Å². The van der Waals surface area contributed by atoms with E-state index in [1.54, 1.807) is 24.3 Å². The molecule has 1 fully saturated rings. The predicted molar refractivity (Wildman–Crippen MR) is 104 cm³/mol. The van der Waals surface area contributed by atoms with Crippen LogP contribution in [0, 0.1) is 11.8 Å². The molecule has 7 nitrogen and oxygen atoms in total. The highest BCUT2D eigenvalue weighted by molar-refractivity contribution is 6.06. The Morgan fingerprint density at radius 2 is 1.71 bits per heavy atom. The van der Waals surface area contributed by atoms with Gasteiger partial charge >= 0.3 is 0 Å². The fourth-order valence-corrected chi connectivity index (χ4v) is 3.64. The average Bonchev–Trinajstić information content (AvgIpc) is 2.95. The highest BCUT2D eigenvalue weighted by atomic mass is 16.2. The van der Waals surface area contributed by atoms with E-state index in [1.165, 1.54) is 4.90 Å². The number of imide groups is 1. The lowest BCUT2D eigenvalue weighted by Crippen LogP contribution is -2.34. The van der Waals surface area contributed by atoms with Gasteiger partial charge in [0.15, 0.2) is 0 Å². The Hall–Kier alpha value is -2.96. The van der Waals surface area contributed by atoms with Crippen LogP contribution in [0.3, 0.4) is 0 Å². The molecule has 2 aliphatic rings. The first-order valence-electron chi connectivity index (χ1n) is 9.70.